The van der Waals surface area contributed by atoms with Gasteiger partial charge in [-0.2, -0.15) is 0 Å². The number of benzene rings is 2. The highest BCUT2D eigenvalue weighted by atomic mass is 16.2. The summed E-state index contributed by atoms with van der Waals surface area (Å²) in [4.78, 5) is 23.0. The van der Waals surface area contributed by atoms with Gasteiger partial charge in [0.05, 0.1) is 5.70 Å². The molecule has 3 rings (SSSR count). The van der Waals surface area contributed by atoms with Gasteiger partial charge in [-0.15, -0.1) is 0 Å². The van der Waals surface area contributed by atoms with Crippen molar-refractivity contribution >= 4 is 18.4 Å². The van der Waals surface area contributed by atoms with E-state index >= 15 is 0 Å². The van der Waals surface area contributed by atoms with E-state index in [9.17, 15) is 4.79 Å². The van der Waals surface area contributed by atoms with Crippen LogP contribution in [0.15, 0.2) is 65.8 Å². The fourth-order valence-corrected chi connectivity index (χ4v) is 3.88. The summed E-state index contributed by atoms with van der Waals surface area (Å²) in [7, 11) is 3.68. The predicted octanol–water partition coefficient (Wildman–Crippen LogP) is 4.64. The molecule has 0 aliphatic carbocycles. The van der Waals surface area contributed by atoms with Crippen LogP contribution in [0.25, 0.3) is 5.70 Å². The molecule has 1 aliphatic rings. The minimum Gasteiger partial charge on any atom is -0.324 e. The first-order valence-electron chi connectivity index (χ1n) is 10.5. The maximum Gasteiger partial charge on any atom is 0.323 e. The highest BCUT2D eigenvalue weighted by Gasteiger charge is 2.26. The van der Waals surface area contributed by atoms with E-state index in [1.54, 1.807) is 18.1 Å². The molecular weight excluding hydrogens is 372 g/mol. The quantitative estimate of drug-likeness (QED) is 0.658. The lowest BCUT2D eigenvalue weighted by molar-refractivity contribution is 0.121. The van der Waals surface area contributed by atoms with Crippen LogP contribution in [0.3, 0.4) is 0 Å². The lowest BCUT2D eigenvalue weighted by Gasteiger charge is -2.37. The summed E-state index contributed by atoms with van der Waals surface area (Å²) in [6, 6.07) is 18.8. The summed E-state index contributed by atoms with van der Waals surface area (Å²) in [6.45, 7) is 8.69. The van der Waals surface area contributed by atoms with Crippen molar-refractivity contribution in [1.82, 2.24) is 14.7 Å². The van der Waals surface area contributed by atoms with E-state index in [0.717, 1.165) is 38.0 Å². The summed E-state index contributed by atoms with van der Waals surface area (Å²) >= 11 is 0. The SMILES string of the molecule is C=NC(=CN(C)C(=O)N(C)C1CCN(Cc2ccccc2)CC1)c1ccc(C)cc1. The van der Waals surface area contributed by atoms with Crippen molar-refractivity contribution in [2.45, 2.75) is 32.4 Å². The Kier molecular flexibility index (Phi) is 7.41. The lowest BCUT2D eigenvalue weighted by atomic mass is 10.0. The Hall–Kier alpha value is -2.92. The van der Waals surface area contributed by atoms with Crippen LogP contribution >= 0.6 is 0 Å². The van der Waals surface area contributed by atoms with Gasteiger partial charge >= 0.3 is 6.03 Å². The summed E-state index contributed by atoms with van der Waals surface area (Å²) in [5, 5.41) is 0. The minimum absolute atomic E-state index is 0.0234. The standard InChI is InChI=1S/C25H32N4O/c1-20-10-12-22(13-11-20)24(26-2)19-27(3)25(30)28(4)23-14-16-29(17-15-23)18-21-8-6-5-7-9-21/h5-13,19,23H,2,14-18H2,1,3-4H3. The van der Waals surface area contributed by atoms with Crippen molar-refractivity contribution in [3.8, 4) is 0 Å². The number of hydrogen-bond acceptors (Lipinski definition) is 3. The second-order valence-electron chi connectivity index (χ2n) is 8.04. The van der Waals surface area contributed by atoms with Crippen LogP contribution in [0.1, 0.15) is 29.5 Å². The Morgan fingerprint density at radius 2 is 1.73 bits per heavy atom. The Morgan fingerprint density at radius 1 is 1.10 bits per heavy atom. The van der Waals surface area contributed by atoms with Gasteiger partial charge in [0.2, 0.25) is 0 Å². The zero-order valence-corrected chi connectivity index (χ0v) is 18.3. The van der Waals surface area contributed by atoms with Crippen molar-refractivity contribution in [3.05, 3.63) is 77.5 Å². The number of likely N-dealkylation sites (tertiary alicyclic amines) is 1. The van der Waals surface area contributed by atoms with Gasteiger partial charge in [0.25, 0.3) is 0 Å². The van der Waals surface area contributed by atoms with E-state index in [1.165, 1.54) is 11.1 Å². The molecule has 5 nitrogen and oxygen atoms in total. The monoisotopic (exact) mass is 404 g/mol. The molecular formula is C25H32N4O. The second kappa shape index (κ2) is 10.2. The third-order valence-electron chi connectivity index (χ3n) is 5.79. The predicted molar refractivity (Wildman–Crippen MR) is 124 cm³/mol. The molecule has 1 saturated heterocycles. The van der Waals surface area contributed by atoms with Gasteiger partial charge in [-0.1, -0.05) is 60.2 Å². The van der Waals surface area contributed by atoms with Crippen LogP contribution in [-0.2, 0) is 6.54 Å². The van der Waals surface area contributed by atoms with Crippen LogP contribution < -0.4 is 0 Å². The first kappa shape index (κ1) is 21.8. The third-order valence-corrected chi connectivity index (χ3v) is 5.79. The molecule has 2 aromatic carbocycles. The minimum atomic E-state index is -0.0234. The molecule has 0 bridgehead atoms. The molecule has 1 aliphatic heterocycles. The van der Waals surface area contributed by atoms with Crippen molar-refractivity contribution in [1.29, 1.82) is 0 Å². The smallest absolute Gasteiger partial charge is 0.323 e. The molecule has 2 aromatic rings. The highest BCUT2D eigenvalue weighted by molar-refractivity contribution is 5.78. The van der Waals surface area contributed by atoms with Crippen molar-refractivity contribution in [2.75, 3.05) is 27.2 Å². The molecule has 30 heavy (non-hydrogen) atoms. The van der Waals surface area contributed by atoms with E-state index in [-0.39, 0.29) is 12.1 Å². The molecule has 0 saturated carbocycles. The van der Waals surface area contributed by atoms with Gasteiger partial charge < -0.3 is 9.80 Å². The summed E-state index contributed by atoms with van der Waals surface area (Å²) in [5.41, 5.74) is 4.17. The average Bonchev–Trinajstić information content (AvgIpc) is 2.78. The first-order valence-corrected chi connectivity index (χ1v) is 10.5. The molecule has 2 amide bonds. The maximum atomic E-state index is 13.0. The largest absolute Gasteiger partial charge is 0.324 e. The molecule has 0 spiro atoms. The second-order valence-corrected chi connectivity index (χ2v) is 8.04. The van der Waals surface area contributed by atoms with E-state index in [4.69, 9.17) is 0 Å². The van der Waals surface area contributed by atoms with E-state index in [2.05, 4.69) is 40.9 Å². The fourth-order valence-electron chi connectivity index (χ4n) is 3.88. The molecule has 0 radical (unpaired) electrons. The number of nitrogens with zero attached hydrogens (tertiary/aromatic N) is 4. The van der Waals surface area contributed by atoms with Crippen molar-refractivity contribution < 1.29 is 4.79 Å². The van der Waals surface area contributed by atoms with Crippen LogP contribution in [0.4, 0.5) is 4.79 Å². The maximum absolute atomic E-state index is 13.0. The Morgan fingerprint density at radius 3 is 2.33 bits per heavy atom. The Labute approximate surface area is 180 Å². The van der Waals surface area contributed by atoms with Crippen LogP contribution in [0.2, 0.25) is 0 Å². The first-order chi connectivity index (χ1) is 14.5. The van der Waals surface area contributed by atoms with Crippen LogP contribution in [0.5, 0.6) is 0 Å². The zero-order chi connectivity index (χ0) is 21.5. The van der Waals surface area contributed by atoms with Gasteiger partial charge in [0, 0.05) is 51.5 Å². The molecule has 5 heteroatoms. The molecule has 0 atom stereocenters. The number of aliphatic imine (C=N–C) groups is 1. The molecule has 0 unspecified atom stereocenters. The number of hydrogen-bond donors (Lipinski definition) is 0. The van der Waals surface area contributed by atoms with E-state index in [1.807, 2.05) is 49.2 Å². The van der Waals surface area contributed by atoms with Gasteiger partial charge in [0.15, 0.2) is 0 Å². The molecule has 0 aromatic heterocycles. The topological polar surface area (TPSA) is 39.2 Å². The summed E-state index contributed by atoms with van der Waals surface area (Å²) in [6.07, 6.45) is 3.73. The number of amides is 2. The number of rotatable bonds is 6. The van der Waals surface area contributed by atoms with Gasteiger partial charge in [-0.3, -0.25) is 9.89 Å². The number of carbonyl (C=O) groups is 1. The fraction of sp³-hybridized carbons (Fsp3) is 0.360. The lowest BCUT2D eigenvalue weighted by Crippen LogP contribution is -2.48. The zero-order valence-electron chi connectivity index (χ0n) is 18.3. The van der Waals surface area contributed by atoms with Crippen molar-refractivity contribution in [3.63, 3.8) is 0 Å². The average molecular weight is 405 g/mol. The van der Waals surface area contributed by atoms with Gasteiger partial charge in [0.1, 0.15) is 0 Å². The molecule has 158 valence electrons. The van der Waals surface area contributed by atoms with E-state index < -0.39 is 0 Å². The number of urea groups is 1. The molecule has 0 N–H and O–H groups in total. The van der Waals surface area contributed by atoms with Gasteiger partial charge in [-0.05, 0) is 32.0 Å². The third kappa shape index (κ3) is 5.57. The van der Waals surface area contributed by atoms with Crippen LogP contribution in [0, 0.1) is 6.92 Å². The Balaban J connectivity index is 1.57. The number of carbonyl (C=O) groups excluding carboxylic acids is 1. The van der Waals surface area contributed by atoms with Gasteiger partial charge in [-0.25, -0.2) is 4.79 Å². The van der Waals surface area contributed by atoms with Crippen LogP contribution in [-0.4, -0.2) is 60.7 Å². The number of aryl methyl sites for hydroxylation is 1. The summed E-state index contributed by atoms with van der Waals surface area (Å²) in [5.74, 6) is 0. The Bertz CT molecular complexity index is 868. The number of piperidine rings is 1. The molecule has 1 heterocycles. The normalized spacial score (nSPS) is 15.6. The van der Waals surface area contributed by atoms with E-state index in [0.29, 0.717) is 5.70 Å². The summed E-state index contributed by atoms with van der Waals surface area (Å²) < 4.78 is 0. The van der Waals surface area contributed by atoms with Crippen molar-refractivity contribution in [2.24, 2.45) is 4.99 Å². The molecule has 1 fully saturated rings. The highest BCUT2D eigenvalue weighted by Crippen LogP contribution is 2.20.